The normalized spacial score (nSPS) is 11.6. The standard InChI is InChI=1S/C26H23ClN8O3/c1-17(36)31-24-11-9-21(14-28-24)32-26(38)22(18-5-3-2-4-6-18)15-29-25(37)12-7-19-13-20(27)8-10-23(19)35-16-30-33-34-35/h2-14,16,22H,15H2,1H3,(H,29,37)(H,32,38)(H,28,31,36)/b12-7+/t22-/m0/s1. The van der Waals surface area contributed by atoms with Crippen molar-refractivity contribution in [2.45, 2.75) is 12.8 Å². The van der Waals surface area contributed by atoms with Crippen molar-refractivity contribution in [1.29, 1.82) is 0 Å². The van der Waals surface area contributed by atoms with E-state index in [1.165, 1.54) is 30.2 Å². The van der Waals surface area contributed by atoms with E-state index in [1.54, 1.807) is 36.4 Å². The highest BCUT2D eigenvalue weighted by Crippen LogP contribution is 2.21. The van der Waals surface area contributed by atoms with Crippen LogP contribution < -0.4 is 16.0 Å². The van der Waals surface area contributed by atoms with Crippen molar-refractivity contribution in [3.63, 3.8) is 0 Å². The van der Waals surface area contributed by atoms with Crippen LogP contribution in [0.4, 0.5) is 11.5 Å². The van der Waals surface area contributed by atoms with E-state index >= 15 is 0 Å². The molecular weight excluding hydrogens is 508 g/mol. The van der Waals surface area contributed by atoms with Crippen molar-refractivity contribution in [1.82, 2.24) is 30.5 Å². The Balaban J connectivity index is 1.45. The minimum atomic E-state index is -0.675. The van der Waals surface area contributed by atoms with Crippen LogP contribution in [0.15, 0.2) is 79.3 Å². The van der Waals surface area contributed by atoms with E-state index in [2.05, 4.69) is 36.5 Å². The lowest BCUT2D eigenvalue weighted by molar-refractivity contribution is -0.118. The van der Waals surface area contributed by atoms with Gasteiger partial charge in [0.05, 0.1) is 23.5 Å². The second kappa shape index (κ2) is 12.4. The van der Waals surface area contributed by atoms with Crippen LogP contribution in [0.25, 0.3) is 11.8 Å². The Morgan fingerprint density at radius 3 is 2.55 bits per heavy atom. The van der Waals surface area contributed by atoms with Crippen molar-refractivity contribution < 1.29 is 14.4 Å². The molecule has 192 valence electrons. The number of carbonyl (C=O) groups is 3. The summed E-state index contributed by atoms with van der Waals surface area (Å²) in [4.78, 5) is 41.2. The van der Waals surface area contributed by atoms with Gasteiger partial charge in [-0.2, -0.15) is 4.68 Å². The second-order valence-corrected chi connectivity index (χ2v) is 8.54. The van der Waals surface area contributed by atoms with Gasteiger partial charge in [0.15, 0.2) is 0 Å². The van der Waals surface area contributed by atoms with Gasteiger partial charge in [0, 0.05) is 30.1 Å². The van der Waals surface area contributed by atoms with Crippen molar-refractivity contribution in [2.24, 2.45) is 0 Å². The summed E-state index contributed by atoms with van der Waals surface area (Å²) >= 11 is 6.13. The van der Waals surface area contributed by atoms with Crippen LogP contribution in [0.3, 0.4) is 0 Å². The molecule has 2 aromatic heterocycles. The molecule has 4 aromatic rings. The number of benzene rings is 2. The van der Waals surface area contributed by atoms with Gasteiger partial charge in [-0.05, 0) is 52.4 Å². The fourth-order valence-corrected chi connectivity index (χ4v) is 3.75. The molecule has 3 amide bonds. The number of nitrogens with zero attached hydrogens (tertiary/aromatic N) is 5. The van der Waals surface area contributed by atoms with E-state index in [1.807, 2.05) is 30.3 Å². The summed E-state index contributed by atoms with van der Waals surface area (Å²) in [5, 5.41) is 19.8. The second-order valence-electron chi connectivity index (χ2n) is 8.10. The Morgan fingerprint density at radius 1 is 1.05 bits per heavy atom. The van der Waals surface area contributed by atoms with E-state index in [9.17, 15) is 14.4 Å². The monoisotopic (exact) mass is 530 g/mol. The molecule has 2 aromatic carbocycles. The molecule has 0 aliphatic rings. The number of halogens is 1. The zero-order chi connectivity index (χ0) is 26.9. The number of amides is 3. The van der Waals surface area contributed by atoms with E-state index < -0.39 is 11.8 Å². The molecule has 1 atom stereocenters. The molecule has 3 N–H and O–H groups in total. The average molecular weight is 531 g/mol. The van der Waals surface area contributed by atoms with E-state index in [0.29, 0.717) is 27.8 Å². The summed E-state index contributed by atoms with van der Waals surface area (Å²) in [6.07, 6.45) is 5.83. The number of anilines is 2. The zero-order valence-corrected chi connectivity index (χ0v) is 21.0. The summed E-state index contributed by atoms with van der Waals surface area (Å²) in [7, 11) is 0. The Labute approximate surface area is 222 Å². The number of pyridine rings is 1. The molecule has 38 heavy (non-hydrogen) atoms. The van der Waals surface area contributed by atoms with Crippen molar-refractivity contribution in [3.8, 4) is 5.69 Å². The summed E-state index contributed by atoms with van der Waals surface area (Å²) < 4.78 is 1.46. The highest BCUT2D eigenvalue weighted by atomic mass is 35.5. The van der Waals surface area contributed by atoms with Crippen LogP contribution in [0.2, 0.25) is 5.02 Å². The lowest BCUT2D eigenvalue weighted by Gasteiger charge is -2.18. The highest BCUT2D eigenvalue weighted by Gasteiger charge is 2.21. The fraction of sp³-hybridized carbons (Fsp3) is 0.115. The van der Waals surface area contributed by atoms with Gasteiger partial charge in [-0.15, -0.1) is 5.10 Å². The van der Waals surface area contributed by atoms with Gasteiger partial charge < -0.3 is 16.0 Å². The van der Waals surface area contributed by atoms with Gasteiger partial charge in [-0.25, -0.2) is 4.98 Å². The van der Waals surface area contributed by atoms with Crippen LogP contribution in [0, 0.1) is 0 Å². The third-order valence-electron chi connectivity index (χ3n) is 5.33. The first-order valence-electron chi connectivity index (χ1n) is 11.5. The highest BCUT2D eigenvalue weighted by molar-refractivity contribution is 6.30. The minimum Gasteiger partial charge on any atom is -0.351 e. The molecule has 0 radical (unpaired) electrons. The molecule has 11 nitrogen and oxygen atoms in total. The zero-order valence-electron chi connectivity index (χ0n) is 20.2. The first-order chi connectivity index (χ1) is 18.4. The van der Waals surface area contributed by atoms with E-state index in [4.69, 9.17) is 11.6 Å². The maximum Gasteiger partial charge on any atom is 0.244 e. The molecular formula is C26H23ClN8O3. The summed E-state index contributed by atoms with van der Waals surface area (Å²) in [6, 6.07) is 17.5. The SMILES string of the molecule is CC(=O)Nc1ccc(NC(=O)[C@@H](CNC(=O)/C=C/c2cc(Cl)ccc2-n2cnnn2)c2ccccc2)cn1. The quantitative estimate of drug-likeness (QED) is 0.282. The van der Waals surface area contributed by atoms with Crippen molar-refractivity contribution >= 4 is 46.9 Å². The maximum atomic E-state index is 13.2. The van der Waals surface area contributed by atoms with Gasteiger partial charge >= 0.3 is 0 Å². The third-order valence-corrected chi connectivity index (χ3v) is 5.57. The molecule has 0 saturated carbocycles. The van der Waals surface area contributed by atoms with Crippen molar-refractivity contribution in [3.05, 3.63) is 95.4 Å². The van der Waals surface area contributed by atoms with E-state index in [0.717, 1.165) is 5.56 Å². The maximum absolute atomic E-state index is 13.2. The molecule has 0 unspecified atom stereocenters. The third kappa shape index (κ3) is 7.08. The lowest BCUT2D eigenvalue weighted by atomic mass is 9.98. The summed E-state index contributed by atoms with van der Waals surface area (Å²) in [5.41, 5.74) is 2.45. The first kappa shape index (κ1) is 26.2. The van der Waals surface area contributed by atoms with Crippen LogP contribution in [0.1, 0.15) is 24.0 Å². The Kier molecular flexibility index (Phi) is 8.52. The smallest absolute Gasteiger partial charge is 0.244 e. The predicted molar refractivity (Wildman–Crippen MR) is 143 cm³/mol. The Bertz CT molecular complexity index is 1440. The molecule has 0 aliphatic carbocycles. The van der Waals surface area contributed by atoms with Gasteiger partial charge in [-0.3, -0.25) is 14.4 Å². The number of carbonyl (C=O) groups excluding carboxylic acids is 3. The number of aromatic nitrogens is 5. The van der Waals surface area contributed by atoms with Crippen molar-refractivity contribution in [2.75, 3.05) is 17.2 Å². The molecule has 12 heteroatoms. The average Bonchev–Trinajstić information content (AvgIpc) is 3.44. The molecule has 4 rings (SSSR count). The van der Waals surface area contributed by atoms with Crippen LogP contribution in [0.5, 0.6) is 0 Å². The minimum absolute atomic E-state index is 0.0474. The van der Waals surface area contributed by atoms with E-state index in [-0.39, 0.29) is 18.4 Å². The lowest BCUT2D eigenvalue weighted by Crippen LogP contribution is -2.33. The molecule has 0 saturated heterocycles. The van der Waals surface area contributed by atoms with Crippen LogP contribution >= 0.6 is 11.6 Å². The van der Waals surface area contributed by atoms with Gasteiger partial charge in [-0.1, -0.05) is 41.9 Å². The molecule has 2 heterocycles. The Morgan fingerprint density at radius 2 is 1.87 bits per heavy atom. The summed E-state index contributed by atoms with van der Waals surface area (Å²) in [5.74, 6) is -1.28. The molecule has 0 aliphatic heterocycles. The number of hydrogen-bond acceptors (Lipinski definition) is 7. The molecule has 0 spiro atoms. The molecule has 0 fully saturated rings. The first-order valence-corrected chi connectivity index (χ1v) is 11.8. The molecule has 0 bridgehead atoms. The largest absolute Gasteiger partial charge is 0.351 e. The van der Waals surface area contributed by atoms with Gasteiger partial charge in [0.25, 0.3) is 0 Å². The number of rotatable bonds is 9. The predicted octanol–water partition coefficient (Wildman–Crippen LogP) is 3.22. The summed E-state index contributed by atoms with van der Waals surface area (Å²) in [6.45, 7) is 1.43. The number of hydrogen-bond donors (Lipinski definition) is 3. The topological polar surface area (TPSA) is 144 Å². The number of tetrazole rings is 1. The van der Waals surface area contributed by atoms with Gasteiger partial charge in [0.2, 0.25) is 17.7 Å². The van der Waals surface area contributed by atoms with Crippen LogP contribution in [-0.2, 0) is 14.4 Å². The van der Waals surface area contributed by atoms with Crippen LogP contribution in [-0.4, -0.2) is 49.5 Å². The number of nitrogens with one attached hydrogen (secondary N) is 3. The van der Waals surface area contributed by atoms with Gasteiger partial charge in [0.1, 0.15) is 12.1 Å². The Hall–Kier alpha value is -4.90. The fourth-order valence-electron chi connectivity index (χ4n) is 3.56.